The standard InChI is InChI=1S/C9H11NO2/c10-7-5-3-1-2-4-6(5)8(11)9(7)12/h1-4,7-9,11-12H,10H2. The SMILES string of the molecule is NC1c2ccccc2C(O)C1O. The van der Waals surface area contributed by atoms with E-state index < -0.39 is 18.2 Å². The summed E-state index contributed by atoms with van der Waals surface area (Å²) in [6, 6.07) is 6.85. The van der Waals surface area contributed by atoms with Crippen LogP contribution in [0, 0.1) is 0 Å². The highest BCUT2D eigenvalue weighted by molar-refractivity contribution is 5.38. The first kappa shape index (κ1) is 7.73. The number of nitrogens with two attached hydrogens (primary N) is 1. The maximum absolute atomic E-state index is 9.49. The lowest BCUT2D eigenvalue weighted by atomic mass is 10.1. The molecule has 2 rings (SSSR count). The van der Waals surface area contributed by atoms with Crippen LogP contribution in [0.15, 0.2) is 24.3 Å². The quantitative estimate of drug-likeness (QED) is 0.510. The summed E-state index contributed by atoms with van der Waals surface area (Å²) in [5.74, 6) is 0. The molecule has 1 aromatic rings. The fourth-order valence-corrected chi connectivity index (χ4v) is 1.65. The average molecular weight is 165 g/mol. The average Bonchev–Trinajstić information content (AvgIpc) is 2.33. The third kappa shape index (κ3) is 0.876. The molecule has 0 aliphatic heterocycles. The van der Waals surface area contributed by atoms with E-state index in [0.29, 0.717) is 0 Å². The Labute approximate surface area is 70.4 Å². The summed E-state index contributed by atoms with van der Waals surface area (Å²) in [5.41, 5.74) is 7.26. The molecule has 3 atom stereocenters. The van der Waals surface area contributed by atoms with Crippen LogP contribution in [0.4, 0.5) is 0 Å². The predicted octanol–water partition coefficient (Wildman–Crippen LogP) is 0.0943. The van der Waals surface area contributed by atoms with Gasteiger partial charge in [0.15, 0.2) is 0 Å². The summed E-state index contributed by atoms with van der Waals surface area (Å²) in [7, 11) is 0. The molecule has 64 valence electrons. The molecule has 3 heteroatoms. The van der Waals surface area contributed by atoms with Gasteiger partial charge < -0.3 is 15.9 Å². The van der Waals surface area contributed by atoms with Gasteiger partial charge in [-0.15, -0.1) is 0 Å². The van der Waals surface area contributed by atoms with Gasteiger partial charge in [-0.3, -0.25) is 0 Å². The van der Waals surface area contributed by atoms with E-state index in [4.69, 9.17) is 5.73 Å². The number of aliphatic hydroxyl groups excluding tert-OH is 2. The second kappa shape index (κ2) is 2.55. The first-order chi connectivity index (χ1) is 5.72. The van der Waals surface area contributed by atoms with Crippen LogP contribution < -0.4 is 5.73 Å². The van der Waals surface area contributed by atoms with Crippen molar-refractivity contribution >= 4 is 0 Å². The zero-order valence-electron chi connectivity index (χ0n) is 6.51. The zero-order chi connectivity index (χ0) is 8.72. The van der Waals surface area contributed by atoms with Crippen molar-refractivity contribution in [2.75, 3.05) is 0 Å². The lowest BCUT2D eigenvalue weighted by Crippen LogP contribution is -2.24. The molecule has 0 saturated carbocycles. The van der Waals surface area contributed by atoms with Gasteiger partial charge in [0.25, 0.3) is 0 Å². The van der Waals surface area contributed by atoms with Crippen molar-refractivity contribution in [2.45, 2.75) is 18.2 Å². The maximum atomic E-state index is 9.49. The molecule has 0 radical (unpaired) electrons. The molecule has 1 aromatic carbocycles. The second-order valence-electron chi connectivity index (χ2n) is 3.09. The van der Waals surface area contributed by atoms with Gasteiger partial charge in [0.2, 0.25) is 0 Å². The number of benzene rings is 1. The van der Waals surface area contributed by atoms with Crippen LogP contribution in [0.25, 0.3) is 0 Å². The summed E-state index contributed by atoms with van der Waals surface area (Å²) in [6.45, 7) is 0. The Bertz CT molecular complexity index is 271. The van der Waals surface area contributed by atoms with Gasteiger partial charge in [-0.05, 0) is 11.1 Å². The topological polar surface area (TPSA) is 66.5 Å². The Balaban J connectivity index is 2.52. The first-order valence-electron chi connectivity index (χ1n) is 3.92. The van der Waals surface area contributed by atoms with Gasteiger partial charge in [0.05, 0.1) is 6.04 Å². The fourth-order valence-electron chi connectivity index (χ4n) is 1.65. The minimum absolute atomic E-state index is 0.448. The summed E-state index contributed by atoms with van der Waals surface area (Å²) in [5, 5.41) is 18.9. The molecule has 0 amide bonds. The van der Waals surface area contributed by atoms with Crippen molar-refractivity contribution in [3.05, 3.63) is 35.4 Å². The Hall–Kier alpha value is -0.900. The summed E-state index contributed by atoms with van der Waals surface area (Å²) < 4.78 is 0. The number of rotatable bonds is 0. The third-order valence-corrected chi connectivity index (χ3v) is 2.37. The lowest BCUT2D eigenvalue weighted by molar-refractivity contribution is 0.0181. The van der Waals surface area contributed by atoms with Crippen LogP contribution in [0.3, 0.4) is 0 Å². The predicted molar refractivity (Wildman–Crippen MR) is 44.3 cm³/mol. The first-order valence-corrected chi connectivity index (χ1v) is 3.92. The van der Waals surface area contributed by atoms with Crippen LogP contribution in [0.5, 0.6) is 0 Å². The lowest BCUT2D eigenvalue weighted by Gasteiger charge is -2.11. The molecule has 1 aliphatic carbocycles. The highest BCUT2D eigenvalue weighted by Gasteiger charge is 2.35. The van der Waals surface area contributed by atoms with Gasteiger partial charge in [-0.2, -0.15) is 0 Å². The summed E-state index contributed by atoms with van der Waals surface area (Å²) in [4.78, 5) is 0. The van der Waals surface area contributed by atoms with E-state index in [2.05, 4.69) is 0 Å². The Morgan fingerprint density at radius 2 is 1.67 bits per heavy atom. The van der Waals surface area contributed by atoms with Crippen molar-refractivity contribution in [3.8, 4) is 0 Å². The smallest absolute Gasteiger partial charge is 0.107 e. The molecule has 0 heterocycles. The molecule has 12 heavy (non-hydrogen) atoms. The molecule has 0 bridgehead atoms. The third-order valence-electron chi connectivity index (χ3n) is 2.37. The Kier molecular flexibility index (Phi) is 1.65. The van der Waals surface area contributed by atoms with E-state index in [9.17, 15) is 10.2 Å². The molecule has 4 N–H and O–H groups in total. The molecule has 0 fully saturated rings. The highest BCUT2D eigenvalue weighted by atomic mass is 16.3. The van der Waals surface area contributed by atoms with Gasteiger partial charge in [0.1, 0.15) is 12.2 Å². The van der Waals surface area contributed by atoms with Crippen molar-refractivity contribution < 1.29 is 10.2 Å². The largest absolute Gasteiger partial charge is 0.388 e. The van der Waals surface area contributed by atoms with Crippen LogP contribution in [-0.4, -0.2) is 16.3 Å². The van der Waals surface area contributed by atoms with E-state index in [0.717, 1.165) is 11.1 Å². The van der Waals surface area contributed by atoms with E-state index in [-0.39, 0.29) is 0 Å². The highest BCUT2D eigenvalue weighted by Crippen LogP contribution is 2.36. The van der Waals surface area contributed by atoms with Crippen molar-refractivity contribution in [3.63, 3.8) is 0 Å². The molecule has 0 saturated heterocycles. The van der Waals surface area contributed by atoms with Crippen LogP contribution in [-0.2, 0) is 0 Å². The van der Waals surface area contributed by atoms with E-state index in [1.807, 2.05) is 18.2 Å². The number of hydrogen-bond acceptors (Lipinski definition) is 3. The molecular weight excluding hydrogens is 154 g/mol. The zero-order valence-corrected chi connectivity index (χ0v) is 6.51. The van der Waals surface area contributed by atoms with E-state index >= 15 is 0 Å². The van der Waals surface area contributed by atoms with Gasteiger partial charge >= 0.3 is 0 Å². The Morgan fingerprint density at radius 3 is 2.25 bits per heavy atom. The summed E-state index contributed by atoms with van der Waals surface area (Å²) in [6.07, 6.45) is -1.68. The van der Waals surface area contributed by atoms with Gasteiger partial charge in [-0.1, -0.05) is 24.3 Å². The van der Waals surface area contributed by atoms with Crippen molar-refractivity contribution in [2.24, 2.45) is 5.73 Å². The van der Waals surface area contributed by atoms with Gasteiger partial charge in [-0.25, -0.2) is 0 Å². The molecule has 1 aliphatic rings. The minimum Gasteiger partial charge on any atom is -0.388 e. The number of hydrogen-bond donors (Lipinski definition) is 3. The molecular formula is C9H11NO2. The van der Waals surface area contributed by atoms with Crippen molar-refractivity contribution in [1.82, 2.24) is 0 Å². The maximum Gasteiger partial charge on any atom is 0.107 e. The van der Waals surface area contributed by atoms with Crippen LogP contribution in [0.1, 0.15) is 23.3 Å². The van der Waals surface area contributed by atoms with Crippen LogP contribution in [0.2, 0.25) is 0 Å². The molecule has 3 nitrogen and oxygen atoms in total. The number of aliphatic hydroxyl groups is 2. The van der Waals surface area contributed by atoms with Gasteiger partial charge in [0, 0.05) is 0 Å². The second-order valence-corrected chi connectivity index (χ2v) is 3.09. The van der Waals surface area contributed by atoms with E-state index in [1.54, 1.807) is 6.07 Å². The Morgan fingerprint density at radius 1 is 1.08 bits per heavy atom. The fraction of sp³-hybridized carbons (Fsp3) is 0.333. The summed E-state index contributed by atoms with van der Waals surface area (Å²) >= 11 is 0. The molecule has 0 aromatic heterocycles. The van der Waals surface area contributed by atoms with Crippen molar-refractivity contribution in [1.29, 1.82) is 0 Å². The van der Waals surface area contributed by atoms with Crippen LogP contribution >= 0.6 is 0 Å². The number of fused-ring (bicyclic) bond motifs is 1. The monoisotopic (exact) mass is 165 g/mol. The minimum atomic E-state index is -0.859. The molecule has 0 spiro atoms. The molecule has 3 unspecified atom stereocenters. The van der Waals surface area contributed by atoms with E-state index in [1.165, 1.54) is 0 Å². The normalized spacial score (nSPS) is 33.4.